The fourth-order valence-corrected chi connectivity index (χ4v) is 2.31. The highest BCUT2D eigenvalue weighted by molar-refractivity contribution is 5.93. The second kappa shape index (κ2) is 4.93. The highest BCUT2D eigenvalue weighted by Gasteiger charge is 2.36. The van der Waals surface area contributed by atoms with Gasteiger partial charge in [-0.3, -0.25) is 4.79 Å². The van der Waals surface area contributed by atoms with E-state index in [0.717, 1.165) is 0 Å². The van der Waals surface area contributed by atoms with E-state index in [-0.39, 0.29) is 17.9 Å². The zero-order valence-electron chi connectivity index (χ0n) is 11.6. The maximum Gasteiger partial charge on any atom is 0.334 e. The highest BCUT2D eigenvalue weighted by Crippen LogP contribution is 2.34. The van der Waals surface area contributed by atoms with Crippen LogP contribution in [0.5, 0.6) is 0 Å². The molecule has 4 heteroatoms. The van der Waals surface area contributed by atoms with Gasteiger partial charge in [0, 0.05) is 16.9 Å². The molecule has 0 aromatic carbocycles. The normalized spacial score (nSPS) is 36.2. The molecular formula is C15H20O4. The predicted molar refractivity (Wildman–Crippen MR) is 70.3 cm³/mol. The molecule has 1 aliphatic carbocycles. The summed E-state index contributed by atoms with van der Waals surface area (Å²) < 4.78 is 5.33. The maximum absolute atomic E-state index is 11.9. The first-order valence-electron chi connectivity index (χ1n) is 6.64. The Labute approximate surface area is 113 Å². The summed E-state index contributed by atoms with van der Waals surface area (Å²) in [5, 5.41) is 9.97. The largest absolute Gasteiger partial charge is 0.454 e. The topological polar surface area (TPSA) is 63.6 Å². The fraction of sp³-hybridized carbons (Fsp3) is 0.600. The van der Waals surface area contributed by atoms with Crippen LogP contribution in [0.25, 0.3) is 0 Å². The van der Waals surface area contributed by atoms with Gasteiger partial charge < -0.3 is 9.84 Å². The van der Waals surface area contributed by atoms with Gasteiger partial charge in [-0.2, -0.15) is 0 Å². The van der Waals surface area contributed by atoms with Crippen molar-refractivity contribution in [2.75, 3.05) is 0 Å². The number of aliphatic hydroxyl groups excluding tert-OH is 1. The molecule has 0 fully saturated rings. The van der Waals surface area contributed by atoms with E-state index in [9.17, 15) is 14.7 Å². The summed E-state index contributed by atoms with van der Waals surface area (Å²) in [5.41, 5.74) is 0.175. The number of ketones is 1. The van der Waals surface area contributed by atoms with Crippen molar-refractivity contribution in [3.8, 4) is 0 Å². The van der Waals surface area contributed by atoms with Crippen molar-refractivity contribution in [1.29, 1.82) is 0 Å². The number of hydrogen-bond acceptors (Lipinski definition) is 4. The van der Waals surface area contributed by atoms with Crippen molar-refractivity contribution in [2.24, 2.45) is 11.3 Å². The number of esters is 1. The monoisotopic (exact) mass is 264 g/mol. The average molecular weight is 264 g/mol. The number of allylic oxidation sites excluding steroid dienone is 1. The highest BCUT2D eigenvalue weighted by atomic mass is 16.5. The van der Waals surface area contributed by atoms with Gasteiger partial charge in [-0.25, -0.2) is 4.79 Å². The first kappa shape index (κ1) is 14.0. The minimum atomic E-state index is -0.730. The van der Waals surface area contributed by atoms with Crippen molar-refractivity contribution in [3.05, 3.63) is 23.8 Å². The molecule has 1 aliphatic heterocycles. The van der Waals surface area contributed by atoms with Crippen LogP contribution in [0.4, 0.5) is 0 Å². The molecule has 0 amide bonds. The Bertz CT molecular complexity index is 459. The SMILES string of the molecule is C[C@@H]1C(=O)/C=C\C(C)(C)[C@@H]2C=C(CC[C@@H]1O)C(=O)O2. The molecule has 2 bridgehead atoms. The van der Waals surface area contributed by atoms with E-state index < -0.39 is 17.4 Å². The van der Waals surface area contributed by atoms with Gasteiger partial charge in [0.25, 0.3) is 0 Å². The lowest BCUT2D eigenvalue weighted by molar-refractivity contribution is -0.142. The third kappa shape index (κ3) is 2.78. The molecule has 0 saturated heterocycles. The Hall–Kier alpha value is -1.42. The summed E-state index contributed by atoms with van der Waals surface area (Å²) in [6.45, 7) is 5.56. The maximum atomic E-state index is 11.9. The van der Waals surface area contributed by atoms with Crippen LogP contribution >= 0.6 is 0 Å². The molecule has 19 heavy (non-hydrogen) atoms. The molecule has 4 nitrogen and oxygen atoms in total. The van der Waals surface area contributed by atoms with Gasteiger partial charge in [0.2, 0.25) is 0 Å². The van der Waals surface area contributed by atoms with E-state index in [1.54, 1.807) is 13.0 Å². The summed E-state index contributed by atoms with van der Waals surface area (Å²) in [4.78, 5) is 23.7. The molecule has 2 aliphatic rings. The number of carbonyl (C=O) groups excluding carboxylic acids is 2. The Morgan fingerprint density at radius 3 is 2.74 bits per heavy atom. The van der Waals surface area contributed by atoms with Crippen LogP contribution in [0.3, 0.4) is 0 Å². The number of rotatable bonds is 0. The smallest absolute Gasteiger partial charge is 0.334 e. The van der Waals surface area contributed by atoms with Crippen molar-refractivity contribution in [3.63, 3.8) is 0 Å². The molecule has 104 valence electrons. The summed E-state index contributed by atoms with van der Waals surface area (Å²) in [7, 11) is 0. The van der Waals surface area contributed by atoms with E-state index in [1.165, 1.54) is 6.08 Å². The molecule has 0 unspecified atom stereocenters. The summed E-state index contributed by atoms with van der Waals surface area (Å²) in [6.07, 6.45) is 4.86. The predicted octanol–water partition coefficient (Wildman–Crippen LogP) is 1.78. The Balaban J connectivity index is 2.34. The van der Waals surface area contributed by atoms with Crippen LogP contribution < -0.4 is 0 Å². The van der Waals surface area contributed by atoms with Crippen LogP contribution in [0.1, 0.15) is 33.6 Å². The van der Waals surface area contributed by atoms with Gasteiger partial charge in [0.05, 0.1) is 6.10 Å². The van der Waals surface area contributed by atoms with Crippen molar-refractivity contribution in [1.82, 2.24) is 0 Å². The number of fused-ring (bicyclic) bond motifs is 1. The molecule has 1 N–H and O–H groups in total. The van der Waals surface area contributed by atoms with Crippen LogP contribution in [-0.4, -0.2) is 29.1 Å². The number of carbonyl (C=O) groups is 2. The summed E-state index contributed by atoms with van der Waals surface area (Å²) >= 11 is 0. The second-order valence-corrected chi connectivity index (χ2v) is 5.97. The third-order valence-electron chi connectivity index (χ3n) is 3.99. The molecule has 0 aromatic heterocycles. The van der Waals surface area contributed by atoms with Crippen molar-refractivity contribution in [2.45, 2.75) is 45.8 Å². The Kier molecular flexibility index (Phi) is 3.63. The van der Waals surface area contributed by atoms with Gasteiger partial charge in [-0.05, 0) is 25.0 Å². The molecule has 0 saturated carbocycles. The van der Waals surface area contributed by atoms with E-state index >= 15 is 0 Å². The van der Waals surface area contributed by atoms with E-state index in [2.05, 4.69) is 0 Å². The average Bonchev–Trinajstić information content (AvgIpc) is 2.73. The van der Waals surface area contributed by atoms with Gasteiger partial charge in [0.15, 0.2) is 5.78 Å². The quantitative estimate of drug-likeness (QED) is 0.677. The number of aliphatic hydroxyl groups is 1. The van der Waals surface area contributed by atoms with E-state index in [4.69, 9.17) is 4.74 Å². The van der Waals surface area contributed by atoms with E-state index in [1.807, 2.05) is 19.9 Å². The van der Waals surface area contributed by atoms with E-state index in [0.29, 0.717) is 18.4 Å². The zero-order chi connectivity index (χ0) is 14.2. The minimum absolute atomic E-state index is 0.0883. The van der Waals surface area contributed by atoms with Crippen LogP contribution in [-0.2, 0) is 14.3 Å². The third-order valence-corrected chi connectivity index (χ3v) is 3.99. The molecule has 0 spiro atoms. The minimum Gasteiger partial charge on any atom is -0.454 e. The summed E-state index contributed by atoms with van der Waals surface area (Å²) in [5.74, 6) is -0.840. The molecule has 0 radical (unpaired) electrons. The lowest BCUT2D eigenvalue weighted by atomic mass is 9.85. The molecular weight excluding hydrogens is 244 g/mol. The Morgan fingerprint density at radius 2 is 2.05 bits per heavy atom. The molecule has 0 aromatic rings. The van der Waals surface area contributed by atoms with Gasteiger partial charge in [-0.1, -0.05) is 26.8 Å². The second-order valence-electron chi connectivity index (χ2n) is 5.97. The van der Waals surface area contributed by atoms with Crippen LogP contribution in [0, 0.1) is 11.3 Å². The van der Waals surface area contributed by atoms with Gasteiger partial charge in [0.1, 0.15) is 6.10 Å². The van der Waals surface area contributed by atoms with Crippen molar-refractivity contribution < 1.29 is 19.4 Å². The van der Waals surface area contributed by atoms with Crippen LogP contribution in [0.15, 0.2) is 23.8 Å². The van der Waals surface area contributed by atoms with Crippen molar-refractivity contribution >= 4 is 11.8 Å². The number of hydrogen-bond donors (Lipinski definition) is 1. The standard InChI is InChI=1S/C15H20O4/c1-9-11(16)5-4-10-8-13(19-14(10)18)15(2,3)7-6-12(9)17/h6-9,11,13,16H,4-5H2,1-3H3/b7-6-/t9-,11-,13-/m0/s1. The van der Waals surface area contributed by atoms with Gasteiger partial charge in [-0.15, -0.1) is 0 Å². The Morgan fingerprint density at radius 1 is 1.37 bits per heavy atom. The first-order chi connectivity index (χ1) is 8.81. The lowest BCUT2D eigenvalue weighted by Crippen LogP contribution is -2.29. The fourth-order valence-electron chi connectivity index (χ4n) is 2.31. The van der Waals surface area contributed by atoms with Crippen LogP contribution in [0.2, 0.25) is 0 Å². The zero-order valence-corrected chi connectivity index (χ0v) is 11.6. The molecule has 3 atom stereocenters. The molecule has 1 heterocycles. The molecule has 2 rings (SSSR count). The first-order valence-corrected chi connectivity index (χ1v) is 6.64. The lowest BCUT2D eigenvalue weighted by Gasteiger charge is -2.26. The summed E-state index contributed by atoms with van der Waals surface area (Å²) in [6, 6.07) is 0. The number of ether oxygens (including phenoxy) is 1. The van der Waals surface area contributed by atoms with Gasteiger partial charge >= 0.3 is 5.97 Å².